The summed E-state index contributed by atoms with van der Waals surface area (Å²) in [6.45, 7) is 0. The third kappa shape index (κ3) is 0.969. The molecule has 1 aliphatic carbocycles. The molecule has 0 amide bonds. The summed E-state index contributed by atoms with van der Waals surface area (Å²) in [7, 11) is 0. The summed E-state index contributed by atoms with van der Waals surface area (Å²) in [5.41, 5.74) is 2.93. The average molecular weight is 233 g/mol. The highest BCUT2D eigenvalue weighted by atomic mass is 79.9. The Balaban J connectivity index is 2.51. The lowest BCUT2D eigenvalue weighted by molar-refractivity contribution is 1.01. The maximum atomic E-state index is 3.71. The van der Waals surface area contributed by atoms with E-state index in [0.29, 0.717) is 4.83 Å². The summed E-state index contributed by atoms with van der Waals surface area (Å²) in [5.74, 6) is 0. The number of halogens is 1. The van der Waals surface area contributed by atoms with Gasteiger partial charge < -0.3 is 0 Å². The van der Waals surface area contributed by atoms with Crippen molar-refractivity contribution in [2.75, 3.05) is 0 Å². The lowest BCUT2D eigenvalue weighted by Gasteiger charge is -2.01. The van der Waals surface area contributed by atoms with E-state index < -0.39 is 0 Å². The smallest absolute Gasteiger partial charge is 0.0442 e. The molecule has 0 heterocycles. The second kappa shape index (κ2) is 2.58. The van der Waals surface area contributed by atoms with Crippen LogP contribution in [0.15, 0.2) is 36.4 Å². The van der Waals surface area contributed by atoms with Gasteiger partial charge in [-0.1, -0.05) is 52.3 Å². The van der Waals surface area contributed by atoms with Gasteiger partial charge in [0, 0.05) is 4.83 Å². The minimum atomic E-state index is 0.522. The first-order chi connectivity index (χ1) is 6.36. The molecular formula is C12H9Br. The van der Waals surface area contributed by atoms with Crippen LogP contribution in [0.3, 0.4) is 0 Å². The molecule has 0 aromatic heterocycles. The molecule has 1 aliphatic rings. The molecule has 0 N–H and O–H groups in total. The second-order valence-electron chi connectivity index (χ2n) is 3.53. The molecule has 0 bridgehead atoms. The van der Waals surface area contributed by atoms with Crippen LogP contribution in [0.25, 0.3) is 10.8 Å². The fourth-order valence-corrected chi connectivity index (χ4v) is 2.91. The topological polar surface area (TPSA) is 0 Å². The molecule has 0 unspecified atom stereocenters. The largest absolute Gasteiger partial charge is 0.0835 e. The highest BCUT2D eigenvalue weighted by Gasteiger charge is 2.20. The summed E-state index contributed by atoms with van der Waals surface area (Å²) in [4.78, 5) is 0.522. The van der Waals surface area contributed by atoms with Crippen LogP contribution in [-0.2, 0) is 6.42 Å². The standard InChI is InChI=1S/C12H9Br/c13-11-7-9-5-1-3-8-4-2-6-10(11)12(8)9/h1-6,11H,7H2/t11-/m0/s1. The molecule has 3 rings (SSSR count). The zero-order valence-corrected chi connectivity index (χ0v) is 8.71. The molecule has 0 fully saturated rings. The summed E-state index contributed by atoms with van der Waals surface area (Å²) in [6.07, 6.45) is 1.14. The molecule has 0 radical (unpaired) electrons. The Labute approximate surface area is 85.7 Å². The molecule has 2 aromatic rings. The van der Waals surface area contributed by atoms with Crippen LogP contribution in [0, 0.1) is 0 Å². The molecule has 0 saturated heterocycles. The van der Waals surface area contributed by atoms with Crippen molar-refractivity contribution in [3.05, 3.63) is 47.5 Å². The lowest BCUT2D eigenvalue weighted by atomic mass is 10.1. The van der Waals surface area contributed by atoms with E-state index in [1.165, 1.54) is 21.9 Å². The van der Waals surface area contributed by atoms with Crippen molar-refractivity contribution in [2.45, 2.75) is 11.2 Å². The molecule has 0 saturated carbocycles. The number of hydrogen-bond acceptors (Lipinski definition) is 0. The van der Waals surface area contributed by atoms with E-state index >= 15 is 0 Å². The Morgan fingerprint density at radius 1 is 1.08 bits per heavy atom. The minimum absolute atomic E-state index is 0.522. The lowest BCUT2D eigenvalue weighted by Crippen LogP contribution is -1.82. The Morgan fingerprint density at radius 3 is 2.69 bits per heavy atom. The van der Waals surface area contributed by atoms with Gasteiger partial charge in [0.25, 0.3) is 0 Å². The fourth-order valence-electron chi connectivity index (χ4n) is 2.18. The molecule has 13 heavy (non-hydrogen) atoms. The van der Waals surface area contributed by atoms with Crippen molar-refractivity contribution in [2.24, 2.45) is 0 Å². The summed E-state index contributed by atoms with van der Waals surface area (Å²) in [5, 5.41) is 2.84. The van der Waals surface area contributed by atoms with Gasteiger partial charge in [0.2, 0.25) is 0 Å². The predicted octanol–water partition coefficient (Wildman–Crippen LogP) is 3.83. The van der Waals surface area contributed by atoms with Gasteiger partial charge in [0.15, 0.2) is 0 Å². The van der Waals surface area contributed by atoms with Crippen LogP contribution in [-0.4, -0.2) is 0 Å². The van der Waals surface area contributed by atoms with Gasteiger partial charge in [-0.15, -0.1) is 0 Å². The van der Waals surface area contributed by atoms with Crippen molar-refractivity contribution in [3.63, 3.8) is 0 Å². The van der Waals surface area contributed by atoms with E-state index in [1.54, 1.807) is 0 Å². The van der Waals surface area contributed by atoms with E-state index in [2.05, 4.69) is 52.3 Å². The normalized spacial score (nSPS) is 19.6. The van der Waals surface area contributed by atoms with Gasteiger partial charge in [0.1, 0.15) is 0 Å². The molecule has 64 valence electrons. The van der Waals surface area contributed by atoms with Crippen LogP contribution >= 0.6 is 15.9 Å². The Morgan fingerprint density at radius 2 is 1.85 bits per heavy atom. The van der Waals surface area contributed by atoms with Gasteiger partial charge in [-0.05, 0) is 28.3 Å². The molecule has 0 spiro atoms. The quantitative estimate of drug-likeness (QED) is 0.606. The van der Waals surface area contributed by atoms with E-state index in [-0.39, 0.29) is 0 Å². The Bertz CT molecular complexity index is 468. The predicted molar refractivity (Wildman–Crippen MR) is 59.3 cm³/mol. The maximum absolute atomic E-state index is 3.71. The first-order valence-corrected chi connectivity index (χ1v) is 5.42. The number of rotatable bonds is 0. The van der Waals surface area contributed by atoms with Crippen LogP contribution < -0.4 is 0 Å². The summed E-state index contributed by atoms with van der Waals surface area (Å²) >= 11 is 3.71. The van der Waals surface area contributed by atoms with Crippen LogP contribution in [0.5, 0.6) is 0 Å². The summed E-state index contributed by atoms with van der Waals surface area (Å²) in [6, 6.07) is 13.1. The van der Waals surface area contributed by atoms with E-state index in [9.17, 15) is 0 Å². The third-order valence-corrected chi connectivity index (χ3v) is 3.58. The van der Waals surface area contributed by atoms with Gasteiger partial charge in [-0.25, -0.2) is 0 Å². The van der Waals surface area contributed by atoms with Crippen molar-refractivity contribution in [1.29, 1.82) is 0 Å². The molecule has 1 heteroatoms. The molecule has 1 atom stereocenters. The van der Waals surface area contributed by atoms with Crippen molar-refractivity contribution in [1.82, 2.24) is 0 Å². The molecular weight excluding hydrogens is 224 g/mol. The van der Waals surface area contributed by atoms with Gasteiger partial charge >= 0.3 is 0 Å². The second-order valence-corrected chi connectivity index (χ2v) is 4.64. The van der Waals surface area contributed by atoms with E-state index in [0.717, 1.165) is 6.42 Å². The highest BCUT2D eigenvalue weighted by molar-refractivity contribution is 9.09. The maximum Gasteiger partial charge on any atom is 0.0442 e. The SMILES string of the molecule is Br[C@H]1Cc2cccc3cccc1c23. The van der Waals surface area contributed by atoms with Crippen LogP contribution in [0.1, 0.15) is 16.0 Å². The summed E-state index contributed by atoms with van der Waals surface area (Å²) < 4.78 is 0. The first kappa shape index (κ1) is 7.57. The van der Waals surface area contributed by atoms with Gasteiger partial charge in [0.05, 0.1) is 0 Å². The number of benzene rings is 2. The van der Waals surface area contributed by atoms with E-state index in [4.69, 9.17) is 0 Å². The van der Waals surface area contributed by atoms with Crippen molar-refractivity contribution >= 4 is 26.7 Å². The zero-order chi connectivity index (χ0) is 8.84. The molecule has 2 aromatic carbocycles. The number of alkyl halides is 1. The van der Waals surface area contributed by atoms with Crippen molar-refractivity contribution < 1.29 is 0 Å². The van der Waals surface area contributed by atoms with E-state index in [1.807, 2.05) is 0 Å². The Kier molecular flexibility index (Phi) is 1.50. The Hall–Kier alpha value is -0.820. The molecule has 0 nitrogen and oxygen atoms in total. The van der Waals surface area contributed by atoms with Crippen LogP contribution in [0.4, 0.5) is 0 Å². The van der Waals surface area contributed by atoms with Crippen molar-refractivity contribution in [3.8, 4) is 0 Å². The molecule has 0 aliphatic heterocycles. The highest BCUT2D eigenvalue weighted by Crippen LogP contribution is 2.41. The zero-order valence-electron chi connectivity index (χ0n) is 7.13. The first-order valence-electron chi connectivity index (χ1n) is 4.51. The van der Waals surface area contributed by atoms with Crippen LogP contribution in [0.2, 0.25) is 0 Å². The average Bonchev–Trinajstić information content (AvgIpc) is 2.47. The minimum Gasteiger partial charge on any atom is -0.0835 e. The van der Waals surface area contributed by atoms with Gasteiger partial charge in [-0.3, -0.25) is 0 Å². The fraction of sp³-hybridized carbons (Fsp3) is 0.167. The third-order valence-electron chi connectivity index (χ3n) is 2.76. The van der Waals surface area contributed by atoms with Gasteiger partial charge in [-0.2, -0.15) is 0 Å². The monoisotopic (exact) mass is 232 g/mol. The number of hydrogen-bond donors (Lipinski definition) is 0.